The molecule has 152 valence electrons. The number of benzene rings is 1. The fourth-order valence-electron chi connectivity index (χ4n) is 4.48. The molecule has 0 spiro atoms. The van der Waals surface area contributed by atoms with Gasteiger partial charge in [-0.05, 0) is 49.1 Å². The zero-order valence-electron chi connectivity index (χ0n) is 15.8. The summed E-state index contributed by atoms with van der Waals surface area (Å²) >= 11 is 0. The number of aryl methyl sites for hydroxylation is 1. The Morgan fingerprint density at radius 2 is 1.67 bits per heavy atom. The molecular weight excluding hydrogens is 360 g/mol. The molecule has 0 bridgehead atoms. The smallest absolute Gasteiger partial charge is 0.490 e. The second-order valence-corrected chi connectivity index (χ2v) is 7.97. The third-order valence-electron chi connectivity index (χ3n) is 5.93. The van der Waals surface area contributed by atoms with Crippen molar-refractivity contribution in [2.75, 3.05) is 0 Å². The number of ether oxygens (including phenoxy) is 2. The van der Waals surface area contributed by atoms with Gasteiger partial charge in [0.15, 0.2) is 11.6 Å². The first-order chi connectivity index (χ1) is 12.8. The maximum atomic E-state index is 13.9. The van der Waals surface area contributed by atoms with Crippen molar-refractivity contribution < 1.29 is 27.0 Å². The van der Waals surface area contributed by atoms with Gasteiger partial charge in [-0.15, -0.1) is 13.2 Å². The number of rotatable bonds is 6. The molecule has 0 radical (unpaired) electrons. The van der Waals surface area contributed by atoms with E-state index in [1.807, 2.05) is 0 Å². The number of hydrogen-bond donors (Lipinski definition) is 0. The molecule has 6 heteroatoms. The first-order valence-corrected chi connectivity index (χ1v) is 10.1. The maximum absolute atomic E-state index is 13.9. The average Bonchev–Trinajstić information content (AvgIpc) is 2.61. The molecule has 1 fully saturated rings. The van der Waals surface area contributed by atoms with Crippen LogP contribution >= 0.6 is 0 Å². The van der Waals surface area contributed by atoms with Crippen LogP contribution in [0.5, 0.6) is 11.5 Å². The summed E-state index contributed by atoms with van der Waals surface area (Å²) in [6.07, 6.45) is 6.26. The molecule has 2 aliphatic rings. The van der Waals surface area contributed by atoms with Crippen LogP contribution in [-0.2, 0) is 6.42 Å². The SMILES string of the molecule is CCCC1CCC(CCC2CCc3cc(OC(F)(F)F)c(F)cc3O2)CC1. The van der Waals surface area contributed by atoms with E-state index in [9.17, 15) is 17.6 Å². The summed E-state index contributed by atoms with van der Waals surface area (Å²) in [6, 6.07) is 2.14. The summed E-state index contributed by atoms with van der Waals surface area (Å²) in [5, 5.41) is 0. The first-order valence-electron chi connectivity index (χ1n) is 10.1. The molecular formula is C21H28F4O2. The van der Waals surface area contributed by atoms with E-state index in [4.69, 9.17) is 4.74 Å². The van der Waals surface area contributed by atoms with E-state index in [1.165, 1.54) is 38.5 Å². The molecule has 1 aliphatic heterocycles. The lowest BCUT2D eigenvalue weighted by molar-refractivity contribution is -0.275. The lowest BCUT2D eigenvalue weighted by Gasteiger charge is -2.31. The molecule has 1 heterocycles. The largest absolute Gasteiger partial charge is 0.573 e. The lowest BCUT2D eigenvalue weighted by atomic mass is 9.78. The van der Waals surface area contributed by atoms with Crippen molar-refractivity contribution in [3.05, 3.63) is 23.5 Å². The van der Waals surface area contributed by atoms with Gasteiger partial charge < -0.3 is 9.47 Å². The van der Waals surface area contributed by atoms with Crippen molar-refractivity contribution in [2.24, 2.45) is 11.8 Å². The van der Waals surface area contributed by atoms with Gasteiger partial charge in [0.05, 0.1) is 6.10 Å². The monoisotopic (exact) mass is 388 g/mol. The van der Waals surface area contributed by atoms with Crippen LogP contribution in [0.2, 0.25) is 0 Å². The van der Waals surface area contributed by atoms with Gasteiger partial charge in [0, 0.05) is 6.07 Å². The molecule has 0 saturated heterocycles. The Kier molecular flexibility index (Phi) is 6.53. The second kappa shape index (κ2) is 8.70. The van der Waals surface area contributed by atoms with E-state index in [2.05, 4.69) is 11.7 Å². The Bertz CT molecular complexity index is 621. The Balaban J connectivity index is 1.51. The molecule has 1 atom stereocenters. The number of fused-ring (bicyclic) bond motifs is 1. The number of halogens is 4. The van der Waals surface area contributed by atoms with Crippen molar-refractivity contribution in [3.63, 3.8) is 0 Å². The predicted molar refractivity (Wildman–Crippen MR) is 95.4 cm³/mol. The van der Waals surface area contributed by atoms with Gasteiger partial charge in [0.2, 0.25) is 0 Å². The van der Waals surface area contributed by atoms with Crippen LogP contribution < -0.4 is 9.47 Å². The zero-order valence-corrected chi connectivity index (χ0v) is 15.8. The highest BCUT2D eigenvalue weighted by molar-refractivity contribution is 5.43. The quantitative estimate of drug-likeness (QED) is 0.499. The highest BCUT2D eigenvalue weighted by Crippen LogP contribution is 2.38. The van der Waals surface area contributed by atoms with Crippen molar-refractivity contribution in [1.82, 2.24) is 0 Å². The molecule has 27 heavy (non-hydrogen) atoms. The second-order valence-electron chi connectivity index (χ2n) is 7.97. The Morgan fingerprint density at radius 3 is 2.30 bits per heavy atom. The summed E-state index contributed by atoms with van der Waals surface area (Å²) < 4.78 is 60.5. The van der Waals surface area contributed by atoms with Crippen molar-refractivity contribution in [3.8, 4) is 11.5 Å². The van der Waals surface area contributed by atoms with Crippen LogP contribution in [0.3, 0.4) is 0 Å². The van der Waals surface area contributed by atoms with Gasteiger partial charge in [-0.25, -0.2) is 4.39 Å². The fraction of sp³-hybridized carbons (Fsp3) is 0.714. The van der Waals surface area contributed by atoms with Crippen LogP contribution in [0.1, 0.15) is 70.3 Å². The van der Waals surface area contributed by atoms with E-state index < -0.39 is 17.9 Å². The highest BCUT2D eigenvalue weighted by Gasteiger charge is 2.33. The van der Waals surface area contributed by atoms with Gasteiger partial charge in [-0.2, -0.15) is 0 Å². The minimum Gasteiger partial charge on any atom is -0.490 e. The Morgan fingerprint density at radius 1 is 1.00 bits per heavy atom. The maximum Gasteiger partial charge on any atom is 0.573 e. The molecule has 0 amide bonds. The van der Waals surface area contributed by atoms with E-state index in [0.717, 1.165) is 43.2 Å². The summed E-state index contributed by atoms with van der Waals surface area (Å²) in [4.78, 5) is 0. The minimum absolute atomic E-state index is 0.0136. The van der Waals surface area contributed by atoms with Gasteiger partial charge in [0.1, 0.15) is 5.75 Å². The average molecular weight is 388 g/mol. The molecule has 0 aromatic heterocycles. The molecule has 2 nitrogen and oxygen atoms in total. The summed E-state index contributed by atoms with van der Waals surface area (Å²) in [6.45, 7) is 2.24. The number of hydrogen-bond acceptors (Lipinski definition) is 2. The van der Waals surface area contributed by atoms with E-state index in [-0.39, 0.29) is 6.10 Å². The van der Waals surface area contributed by atoms with Crippen molar-refractivity contribution in [1.29, 1.82) is 0 Å². The fourth-order valence-corrected chi connectivity index (χ4v) is 4.48. The molecule has 3 rings (SSSR count). The van der Waals surface area contributed by atoms with Gasteiger partial charge >= 0.3 is 6.36 Å². The lowest BCUT2D eigenvalue weighted by Crippen LogP contribution is -2.25. The third kappa shape index (κ3) is 5.76. The molecule has 1 saturated carbocycles. The van der Waals surface area contributed by atoms with Crippen LogP contribution in [-0.4, -0.2) is 12.5 Å². The normalized spacial score (nSPS) is 25.6. The summed E-state index contributed by atoms with van der Waals surface area (Å²) in [7, 11) is 0. The van der Waals surface area contributed by atoms with Crippen LogP contribution in [0.4, 0.5) is 17.6 Å². The third-order valence-corrected chi connectivity index (χ3v) is 5.93. The first kappa shape index (κ1) is 20.3. The molecule has 1 aliphatic carbocycles. The van der Waals surface area contributed by atoms with Gasteiger partial charge in [0.25, 0.3) is 0 Å². The Hall–Kier alpha value is -1.46. The van der Waals surface area contributed by atoms with Crippen molar-refractivity contribution in [2.45, 2.75) is 83.6 Å². The van der Waals surface area contributed by atoms with Gasteiger partial charge in [-0.3, -0.25) is 0 Å². The standard InChI is InChI=1S/C21H28F4O2/c1-2-3-14-4-6-15(7-5-14)8-10-17-11-9-16-12-20(27-21(23,24)25)18(22)13-19(16)26-17/h12-15,17H,2-11H2,1H3. The Labute approximate surface area is 158 Å². The minimum atomic E-state index is -4.90. The van der Waals surface area contributed by atoms with Crippen LogP contribution in [0.15, 0.2) is 12.1 Å². The molecule has 1 aromatic carbocycles. The molecule has 1 aromatic rings. The zero-order chi connectivity index (χ0) is 19.4. The molecule has 0 N–H and O–H groups in total. The topological polar surface area (TPSA) is 18.5 Å². The van der Waals surface area contributed by atoms with E-state index in [0.29, 0.717) is 17.7 Å². The highest BCUT2D eigenvalue weighted by atomic mass is 19.4. The van der Waals surface area contributed by atoms with E-state index >= 15 is 0 Å². The van der Waals surface area contributed by atoms with E-state index in [1.54, 1.807) is 0 Å². The number of alkyl halides is 3. The predicted octanol–water partition coefficient (Wildman–Crippen LogP) is 6.80. The van der Waals surface area contributed by atoms with Crippen LogP contribution in [0, 0.1) is 17.7 Å². The van der Waals surface area contributed by atoms with Gasteiger partial charge in [-0.1, -0.05) is 45.4 Å². The van der Waals surface area contributed by atoms with Crippen LogP contribution in [0.25, 0.3) is 0 Å². The van der Waals surface area contributed by atoms with Crippen molar-refractivity contribution >= 4 is 0 Å². The summed E-state index contributed by atoms with van der Waals surface area (Å²) in [5.74, 6) is 0.153. The molecule has 1 unspecified atom stereocenters. The summed E-state index contributed by atoms with van der Waals surface area (Å²) in [5.41, 5.74) is 0.576.